The number of hydrogen-bond donors (Lipinski definition) is 1. The molecule has 2 rings (SSSR count). The predicted octanol–water partition coefficient (Wildman–Crippen LogP) is 5.61. The molecule has 2 aromatic rings. The van der Waals surface area contributed by atoms with Crippen LogP contribution < -0.4 is 5.32 Å². The molecule has 0 aliphatic carbocycles. The lowest BCUT2D eigenvalue weighted by molar-refractivity contribution is 0.596. The van der Waals surface area contributed by atoms with Gasteiger partial charge in [0.2, 0.25) is 0 Å². The van der Waals surface area contributed by atoms with Crippen LogP contribution in [-0.2, 0) is 0 Å². The molecule has 0 amide bonds. The highest BCUT2D eigenvalue weighted by Crippen LogP contribution is 2.29. The lowest BCUT2D eigenvalue weighted by Gasteiger charge is -2.22. The van der Waals surface area contributed by atoms with Gasteiger partial charge in [-0.25, -0.2) is 0 Å². The van der Waals surface area contributed by atoms with Crippen molar-refractivity contribution in [1.82, 2.24) is 5.32 Å². The van der Waals surface area contributed by atoms with Gasteiger partial charge in [-0.3, -0.25) is 0 Å². The minimum absolute atomic E-state index is 0.227. The molecule has 0 saturated heterocycles. The van der Waals surface area contributed by atoms with Crippen molar-refractivity contribution in [2.24, 2.45) is 0 Å². The Bertz CT molecular complexity index is 561. The highest BCUT2D eigenvalue weighted by Gasteiger charge is 2.16. The summed E-state index contributed by atoms with van der Waals surface area (Å²) in [6, 6.07) is 15.2. The van der Waals surface area contributed by atoms with Crippen LogP contribution in [0.4, 0.5) is 0 Å². The summed E-state index contributed by atoms with van der Waals surface area (Å²) in [6.45, 7) is 5.37. The molecular weight excluding hydrogens is 378 g/mol. The largest absolute Gasteiger partial charge is 0.306 e. The molecule has 1 unspecified atom stereocenters. The summed E-state index contributed by atoms with van der Waals surface area (Å²) in [7, 11) is 0. The van der Waals surface area contributed by atoms with Gasteiger partial charge in [0.05, 0.1) is 6.04 Å². The molecule has 0 spiro atoms. The van der Waals surface area contributed by atoms with E-state index in [1.54, 1.807) is 0 Å². The summed E-state index contributed by atoms with van der Waals surface area (Å²) in [5.41, 5.74) is 3.93. The molecule has 0 aromatic heterocycles. The molecule has 0 aliphatic rings. The second-order valence-electron chi connectivity index (χ2n) is 4.95. The van der Waals surface area contributed by atoms with E-state index >= 15 is 0 Å². The first kappa shape index (κ1) is 15.7. The fourth-order valence-corrected chi connectivity index (χ4v) is 3.68. The van der Waals surface area contributed by atoms with Crippen molar-refractivity contribution in [2.45, 2.75) is 26.3 Å². The Balaban J connectivity index is 2.44. The maximum atomic E-state index is 3.66. The van der Waals surface area contributed by atoms with Crippen LogP contribution in [0.25, 0.3) is 0 Å². The summed E-state index contributed by atoms with van der Waals surface area (Å²) < 4.78 is 2.19. The Morgan fingerprint density at radius 3 is 2.30 bits per heavy atom. The summed E-state index contributed by atoms with van der Waals surface area (Å²) in [5, 5.41) is 3.66. The zero-order valence-corrected chi connectivity index (χ0v) is 15.0. The van der Waals surface area contributed by atoms with E-state index < -0.39 is 0 Å². The van der Waals surface area contributed by atoms with Gasteiger partial charge in [-0.2, -0.15) is 0 Å². The number of nitrogens with one attached hydrogen (secondary N) is 1. The summed E-state index contributed by atoms with van der Waals surface area (Å²) in [5.74, 6) is 0. The maximum absolute atomic E-state index is 3.66. The van der Waals surface area contributed by atoms with Crippen LogP contribution in [-0.4, -0.2) is 6.54 Å². The molecule has 0 fully saturated rings. The standard InChI is InChI=1S/C17H19Br2N/c1-3-8-20-17(16-7-5-4-6-12(16)2)13-9-14(18)11-15(19)10-13/h4-7,9-11,17,20H,3,8H2,1-2H3. The molecule has 0 heterocycles. The van der Waals surface area contributed by atoms with Gasteiger partial charge < -0.3 is 5.32 Å². The van der Waals surface area contributed by atoms with E-state index in [9.17, 15) is 0 Å². The second kappa shape index (κ2) is 7.39. The molecule has 20 heavy (non-hydrogen) atoms. The SMILES string of the molecule is CCCNC(c1cc(Br)cc(Br)c1)c1ccccc1C. The topological polar surface area (TPSA) is 12.0 Å². The highest BCUT2D eigenvalue weighted by molar-refractivity contribution is 9.11. The number of rotatable bonds is 5. The van der Waals surface area contributed by atoms with E-state index in [-0.39, 0.29) is 6.04 Å². The monoisotopic (exact) mass is 395 g/mol. The van der Waals surface area contributed by atoms with Gasteiger partial charge in [0.15, 0.2) is 0 Å². The maximum Gasteiger partial charge on any atom is 0.0580 e. The van der Waals surface area contributed by atoms with Gasteiger partial charge in [-0.15, -0.1) is 0 Å². The van der Waals surface area contributed by atoms with Gasteiger partial charge in [0, 0.05) is 8.95 Å². The van der Waals surface area contributed by atoms with E-state index in [1.165, 1.54) is 16.7 Å². The highest BCUT2D eigenvalue weighted by atomic mass is 79.9. The Hall–Kier alpha value is -0.640. The van der Waals surface area contributed by atoms with Gasteiger partial charge in [-0.05, 0) is 54.8 Å². The predicted molar refractivity (Wildman–Crippen MR) is 93.2 cm³/mol. The third kappa shape index (κ3) is 3.94. The Kier molecular flexibility index (Phi) is 5.82. The molecule has 2 aromatic carbocycles. The van der Waals surface area contributed by atoms with E-state index in [0.717, 1.165) is 21.9 Å². The van der Waals surface area contributed by atoms with Crippen LogP contribution in [0.3, 0.4) is 0 Å². The summed E-state index contributed by atoms with van der Waals surface area (Å²) >= 11 is 7.17. The van der Waals surface area contributed by atoms with Gasteiger partial charge >= 0.3 is 0 Å². The molecule has 1 nitrogen and oxygen atoms in total. The number of hydrogen-bond acceptors (Lipinski definition) is 1. The minimum atomic E-state index is 0.227. The first-order valence-corrected chi connectivity index (χ1v) is 8.45. The Morgan fingerprint density at radius 2 is 1.70 bits per heavy atom. The van der Waals surface area contributed by atoms with Crippen molar-refractivity contribution in [3.05, 3.63) is 68.1 Å². The van der Waals surface area contributed by atoms with Gasteiger partial charge in [0.1, 0.15) is 0 Å². The number of halogens is 2. The van der Waals surface area contributed by atoms with Gasteiger partial charge in [-0.1, -0.05) is 63.0 Å². The molecular formula is C17H19Br2N. The lowest BCUT2D eigenvalue weighted by atomic mass is 9.95. The molecule has 0 bridgehead atoms. The zero-order chi connectivity index (χ0) is 14.5. The molecule has 0 aliphatic heterocycles. The van der Waals surface area contributed by atoms with Crippen molar-refractivity contribution in [3.8, 4) is 0 Å². The molecule has 3 heteroatoms. The third-order valence-electron chi connectivity index (χ3n) is 3.32. The van der Waals surface area contributed by atoms with E-state index in [2.05, 4.69) is 93.5 Å². The van der Waals surface area contributed by atoms with Crippen molar-refractivity contribution in [3.63, 3.8) is 0 Å². The van der Waals surface area contributed by atoms with Crippen molar-refractivity contribution < 1.29 is 0 Å². The fourth-order valence-electron chi connectivity index (χ4n) is 2.35. The summed E-state index contributed by atoms with van der Waals surface area (Å²) in [4.78, 5) is 0. The van der Waals surface area contributed by atoms with Crippen LogP contribution in [0.2, 0.25) is 0 Å². The van der Waals surface area contributed by atoms with E-state index in [4.69, 9.17) is 0 Å². The molecule has 0 saturated carbocycles. The fraction of sp³-hybridized carbons (Fsp3) is 0.294. The summed E-state index contributed by atoms with van der Waals surface area (Å²) in [6.07, 6.45) is 1.12. The van der Waals surface area contributed by atoms with E-state index in [0.29, 0.717) is 0 Å². The van der Waals surface area contributed by atoms with Crippen LogP contribution in [0.15, 0.2) is 51.4 Å². The van der Waals surface area contributed by atoms with Crippen LogP contribution >= 0.6 is 31.9 Å². The number of benzene rings is 2. The van der Waals surface area contributed by atoms with Gasteiger partial charge in [0.25, 0.3) is 0 Å². The average molecular weight is 397 g/mol. The van der Waals surface area contributed by atoms with Crippen LogP contribution in [0.1, 0.15) is 36.1 Å². The quantitative estimate of drug-likeness (QED) is 0.692. The molecule has 106 valence electrons. The first-order valence-electron chi connectivity index (χ1n) is 6.86. The van der Waals surface area contributed by atoms with Crippen molar-refractivity contribution >= 4 is 31.9 Å². The van der Waals surface area contributed by atoms with Crippen molar-refractivity contribution in [1.29, 1.82) is 0 Å². The molecule has 1 N–H and O–H groups in total. The van der Waals surface area contributed by atoms with E-state index in [1.807, 2.05) is 0 Å². The second-order valence-corrected chi connectivity index (χ2v) is 6.78. The average Bonchev–Trinajstić information content (AvgIpc) is 2.40. The van der Waals surface area contributed by atoms with Crippen LogP contribution in [0, 0.1) is 6.92 Å². The smallest absolute Gasteiger partial charge is 0.0580 e. The lowest BCUT2D eigenvalue weighted by Crippen LogP contribution is -2.24. The third-order valence-corrected chi connectivity index (χ3v) is 4.23. The molecule has 0 radical (unpaired) electrons. The minimum Gasteiger partial charge on any atom is -0.306 e. The Labute approximate surface area is 138 Å². The van der Waals surface area contributed by atoms with Crippen molar-refractivity contribution in [2.75, 3.05) is 6.54 Å². The first-order chi connectivity index (χ1) is 9.61. The normalized spacial score (nSPS) is 12.4. The molecule has 1 atom stereocenters. The number of aryl methyl sites for hydroxylation is 1. The Morgan fingerprint density at radius 1 is 1.05 bits per heavy atom. The zero-order valence-electron chi connectivity index (χ0n) is 11.8. The van der Waals surface area contributed by atoms with Crippen LogP contribution in [0.5, 0.6) is 0 Å².